The molecule has 1 aliphatic carbocycles. The van der Waals surface area contributed by atoms with E-state index >= 15 is 0 Å². The Morgan fingerprint density at radius 2 is 1.86 bits per heavy atom. The molecule has 28 heavy (non-hydrogen) atoms. The molecule has 0 aliphatic heterocycles. The minimum Gasteiger partial charge on any atom is -0.350 e. The number of rotatable bonds is 6. The molecule has 3 aromatic rings. The lowest BCUT2D eigenvalue weighted by Crippen LogP contribution is -2.25. The number of sulfonamides is 1. The molecular weight excluding hydrogens is 378 g/mol. The molecule has 1 amide bonds. The van der Waals surface area contributed by atoms with Crippen LogP contribution < -0.4 is 10.0 Å². The molecule has 0 unspecified atom stereocenters. The van der Waals surface area contributed by atoms with Crippen molar-refractivity contribution in [3.8, 4) is 11.3 Å². The highest BCUT2D eigenvalue weighted by molar-refractivity contribution is 7.89. The number of amides is 1. The van der Waals surface area contributed by atoms with Gasteiger partial charge in [-0.2, -0.15) is 0 Å². The third-order valence-electron chi connectivity index (χ3n) is 4.38. The first-order valence-corrected chi connectivity index (χ1v) is 10.4. The van der Waals surface area contributed by atoms with Crippen LogP contribution in [0.5, 0.6) is 0 Å². The zero-order valence-corrected chi connectivity index (χ0v) is 16.0. The third kappa shape index (κ3) is 4.13. The summed E-state index contributed by atoms with van der Waals surface area (Å²) >= 11 is 0. The van der Waals surface area contributed by atoms with Crippen LogP contribution in [0, 0.1) is 6.92 Å². The van der Waals surface area contributed by atoms with Crippen LogP contribution >= 0.6 is 0 Å². The summed E-state index contributed by atoms with van der Waals surface area (Å²) in [6.07, 6.45) is 1.70. The molecule has 0 spiro atoms. The summed E-state index contributed by atoms with van der Waals surface area (Å²) < 4.78 is 32.4. The molecule has 0 saturated heterocycles. The number of aryl methyl sites for hydroxylation is 1. The fraction of sp³-hybridized carbons (Fsp3) is 0.200. The molecule has 8 heteroatoms. The minimum absolute atomic E-state index is 0.0117. The van der Waals surface area contributed by atoms with Gasteiger partial charge in [0.2, 0.25) is 15.8 Å². The van der Waals surface area contributed by atoms with Gasteiger partial charge in [-0.05, 0) is 38.0 Å². The van der Waals surface area contributed by atoms with Crippen molar-refractivity contribution in [3.63, 3.8) is 0 Å². The number of benzene rings is 2. The Morgan fingerprint density at radius 1 is 1.11 bits per heavy atom. The quantitative estimate of drug-likeness (QED) is 0.664. The second-order valence-electron chi connectivity index (χ2n) is 6.82. The highest BCUT2D eigenvalue weighted by atomic mass is 32.2. The summed E-state index contributed by atoms with van der Waals surface area (Å²) in [6.45, 7) is 1.99. The largest absolute Gasteiger partial charge is 0.350 e. The zero-order chi connectivity index (χ0) is 19.7. The van der Waals surface area contributed by atoms with Gasteiger partial charge in [0, 0.05) is 23.4 Å². The fourth-order valence-electron chi connectivity index (χ4n) is 2.66. The van der Waals surface area contributed by atoms with Gasteiger partial charge in [0.05, 0.1) is 4.90 Å². The molecule has 0 atom stereocenters. The Hall–Kier alpha value is -2.97. The Labute approximate surface area is 162 Å². The first kappa shape index (κ1) is 18.4. The van der Waals surface area contributed by atoms with Crippen molar-refractivity contribution in [2.24, 2.45) is 0 Å². The van der Waals surface area contributed by atoms with Gasteiger partial charge in [0.1, 0.15) is 5.69 Å². The van der Waals surface area contributed by atoms with Crippen molar-refractivity contribution < 1.29 is 17.7 Å². The van der Waals surface area contributed by atoms with E-state index in [0.717, 1.165) is 24.0 Å². The smallest absolute Gasteiger partial charge is 0.294 e. The summed E-state index contributed by atoms with van der Waals surface area (Å²) in [4.78, 5) is 12.6. The number of hydrogen-bond donors (Lipinski definition) is 2. The van der Waals surface area contributed by atoms with E-state index in [9.17, 15) is 13.2 Å². The molecule has 1 saturated carbocycles. The fourth-order valence-corrected chi connectivity index (χ4v) is 4.02. The van der Waals surface area contributed by atoms with Gasteiger partial charge in [-0.25, -0.2) is 13.1 Å². The van der Waals surface area contributed by atoms with Crippen LogP contribution in [0.3, 0.4) is 0 Å². The highest BCUT2D eigenvalue weighted by Crippen LogP contribution is 2.24. The van der Waals surface area contributed by atoms with Gasteiger partial charge >= 0.3 is 0 Å². The van der Waals surface area contributed by atoms with Crippen molar-refractivity contribution in [3.05, 3.63) is 65.9 Å². The van der Waals surface area contributed by atoms with Crippen molar-refractivity contribution >= 4 is 21.6 Å². The van der Waals surface area contributed by atoms with Crippen LogP contribution in [0.4, 0.5) is 5.69 Å². The summed E-state index contributed by atoms with van der Waals surface area (Å²) in [5.41, 5.74) is 2.87. The summed E-state index contributed by atoms with van der Waals surface area (Å²) in [6, 6.07) is 15.4. The van der Waals surface area contributed by atoms with E-state index in [1.54, 1.807) is 18.2 Å². The normalized spacial score (nSPS) is 14.0. The molecule has 144 valence electrons. The van der Waals surface area contributed by atoms with Crippen LogP contribution in [0.2, 0.25) is 0 Å². The standard InChI is InChI=1S/C20H19N3O4S/c1-13-5-7-14(8-6-13)18-12-19(27-22-18)20(24)21-16-3-2-4-17(11-16)28(25,26)23-15-9-10-15/h2-8,11-12,15,23H,9-10H2,1H3,(H,21,24). The van der Waals surface area contributed by atoms with Gasteiger partial charge in [-0.3, -0.25) is 4.79 Å². The molecule has 1 fully saturated rings. The monoisotopic (exact) mass is 397 g/mol. The number of nitrogens with zero attached hydrogens (tertiary/aromatic N) is 1. The van der Waals surface area contributed by atoms with E-state index in [1.165, 1.54) is 12.1 Å². The second kappa shape index (κ2) is 7.21. The average Bonchev–Trinajstić information content (AvgIpc) is 3.33. The number of hydrogen-bond acceptors (Lipinski definition) is 5. The van der Waals surface area contributed by atoms with Crippen LogP contribution in [-0.2, 0) is 10.0 Å². The van der Waals surface area contributed by atoms with Crippen LogP contribution in [0.15, 0.2) is 64.0 Å². The first-order valence-electron chi connectivity index (χ1n) is 8.88. The van der Waals surface area contributed by atoms with Gasteiger partial charge in [0.15, 0.2) is 0 Å². The lowest BCUT2D eigenvalue weighted by atomic mass is 10.1. The van der Waals surface area contributed by atoms with Gasteiger partial charge in [-0.1, -0.05) is 41.1 Å². The molecule has 1 heterocycles. The summed E-state index contributed by atoms with van der Waals surface area (Å²) in [7, 11) is -3.59. The maximum absolute atomic E-state index is 12.5. The van der Waals surface area contributed by atoms with E-state index in [2.05, 4.69) is 15.2 Å². The number of nitrogens with one attached hydrogen (secondary N) is 2. The first-order chi connectivity index (χ1) is 13.4. The number of aromatic nitrogens is 1. The third-order valence-corrected chi connectivity index (χ3v) is 5.90. The van der Waals surface area contributed by atoms with Crippen molar-refractivity contribution in [2.45, 2.75) is 30.7 Å². The van der Waals surface area contributed by atoms with E-state index in [1.807, 2.05) is 31.2 Å². The summed E-state index contributed by atoms with van der Waals surface area (Å²) in [5, 5.41) is 6.58. The van der Waals surface area contributed by atoms with Crippen molar-refractivity contribution in [1.29, 1.82) is 0 Å². The minimum atomic E-state index is -3.59. The lowest BCUT2D eigenvalue weighted by Gasteiger charge is -2.08. The Kier molecular flexibility index (Phi) is 4.74. The molecule has 2 N–H and O–H groups in total. The maximum atomic E-state index is 12.5. The second-order valence-corrected chi connectivity index (χ2v) is 8.53. The molecule has 7 nitrogen and oxygen atoms in total. The van der Waals surface area contributed by atoms with Crippen LogP contribution in [0.1, 0.15) is 29.0 Å². The van der Waals surface area contributed by atoms with E-state index in [0.29, 0.717) is 11.4 Å². The van der Waals surface area contributed by atoms with Crippen LogP contribution in [-0.4, -0.2) is 25.5 Å². The van der Waals surface area contributed by atoms with Gasteiger partial charge in [-0.15, -0.1) is 0 Å². The molecule has 1 aliphatic rings. The average molecular weight is 397 g/mol. The van der Waals surface area contributed by atoms with Crippen LogP contribution in [0.25, 0.3) is 11.3 Å². The van der Waals surface area contributed by atoms with E-state index in [4.69, 9.17) is 4.52 Å². The molecular formula is C20H19N3O4S. The van der Waals surface area contributed by atoms with Crippen molar-refractivity contribution in [1.82, 2.24) is 9.88 Å². The number of anilines is 1. The number of carbonyl (C=O) groups excluding carboxylic acids is 1. The maximum Gasteiger partial charge on any atom is 0.294 e. The highest BCUT2D eigenvalue weighted by Gasteiger charge is 2.28. The lowest BCUT2D eigenvalue weighted by molar-refractivity contribution is 0.0988. The molecule has 2 aromatic carbocycles. The molecule has 0 radical (unpaired) electrons. The van der Waals surface area contributed by atoms with E-state index < -0.39 is 15.9 Å². The Morgan fingerprint density at radius 3 is 2.57 bits per heavy atom. The van der Waals surface area contributed by atoms with Gasteiger partial charge < -0.3 is 9.84 Å². The predicted molar refractivity (Wildman–Crippen MR) is 104 cm³/mol. The predicted octanol–water partition coefficient (Wildman–Crippen LogP) is 3.34. The van der Waals surface area contributed by atoms with E-state index in [-0.39, 0.29) is 16.7 Å². The van der Waals surface area contributed by atoms with Gasteiger partial charge in [0.25, 0.3) is 5.91 Å². The summed E-state index contributed by atoms with van der Waals surface area (Å²) in [5.74, 6) is -0.462. The topological polar surface area (TPSA) is 101 Å². The Bertz CT molecular complexity index is 1120. The van der Waals surface area contributed by atoms with Crippen molar-refractivity contribution in [2.75, 3.05) is 5.32 Å². The SMILES string of the molecule is Cc1ccc(-c2cc(C(=O)Nc3cccc(S(=O)(=O)NC4CC4)c3)on2)cc1. The molecule has 1 aromatic heterocycles. The Balaban J connectivity index is 1.49. The number of carbonyl (C=O) groups is 1. The molecule has 4 rings (SSSR count). The zero-order valence-electron chi connectivity index (χ0n) is 15.2. The molecule has 0 bridgehead atoms.